The minimum Gasteiger partial charge on any atom is -0.497 e. The number of nitrogens with zero attached hydrogens (tertiary/aromatic N) is 3. The van der Waals surface area contributed by atoms with Crippen molar-refractivity contribution in [3.8, 4) is 39.8 Å². The Labute approximate surface area is 165 Å². The molecule has 0 N–H and O–H groups in total. The van der Waals surface area contributed by atoms with Crippen molar-refractivity contribution in [3.63, 3.8) is 0 Å². The topological polar surface area (TPSA) is 68.0 Å². The van der Waals surface area contributed by atoms with E-state index in [0.29, 0.717) is 17.1 Å². The summed E-state index contributed by atoms with van der Waals surface area (Å²) in [5.41, 5.74) is 0.629. The van der Waals surface area contributed by atoms with Gasteiger partial charge in [0.25, 0.3) is 0 Å². The first-order valence-corrected chi connectivity index (χ1v) is 8.47. The van der Waals surface area contributed by atoms with Crippen LogP contribution in [0.1, 0.15) is 5.69 Å². The second-order valence-electron chi connectivity index (χ2n) is 5.72. The van der Waals surface area contributed by atoms with E-state index in [2.05, 4.69) is 10.2 Å². The molecule has 0 spiro atoms. The lowest BCUT2D eigenvalue weighted by Crippen LogP contribution is -2.03. The summed E-state index contributed by atoms with van der Waals surface area (Å²) >= 11 is 6.22. The zero-order chi connectivity index (χ0) is 20.3. The Kier molecular flexibility index (Phi) is 5.71. The van der Waals surface area contributed by atoms with Crippen LogP contribution in [-0.2, 0) is 6.42 Å². The van der Waals surface area contributed by atoms with Crippen molar-refractivity contribution in [2.24, 2.45) is 0 Å². The van der Waals surface area contributed by atoms with E-state index in [1.807, 2.05) is 6.07 Å². The van der Waals surface area contributed by atoms with E-state index in [-0.39, 0.29) is 34.0 Å². The maximum Gasteiger partial charge on any atom is 0.160 e. The number of ether oxygens (including phenoxy) is 2. The maximum atomic E-state index is 14.6. The highest BCUT2D eigenvalue weighted by atomic mass is 35.5. The molecular weight excluding hydrogens is 388 g/mol. The monoisotopic (exact) mass is 401 g/mol. The molecular formula is C20H14ClF2N3O2. The maximum absolute atomic E-state index is 14.6. The molecule has 0 saturated heterocycles. The number of aromatic nitrogens is 2. The van der Waals surface area contributed by atoms with Gasteiger partial charge in [-0.05, 0) is 29.8 Å². The van der Waals surface area contributed by atoms with Crippen LogP contribution in [0.25, 0.3) is 22.3 Å². The lowest BCUT2D eigenvalue weighted by atomic mass is 9.93. The summed E-state index contributed by atoms with van der Waals surface area (Å²) in [6.07, 6.45) is -0.137. The Morgan fingerprint density at radius 2 is 1.57 bits per heavy atom. The summed E-state index contributed by atoms with van der Waals surface area (Å²) in [5.74, 6) is -0.724. The largest absolute Gasteiger partial charge is 0.497 e. The molecule has 0 bridgehead atoms. The van der Waals surface area contributed by atoms with Gasteiger partial charge in [-0.2, -0.15) is 10.4 Å². The quantitative estimate of drug-likeness (QED) is 0.612. The zero-order valence-electron chi connectivity index (χ0n) is 15.0. The van der Waals surface area contributed by atoms with Crippen molar-refractivity contribution < 1.29 is 18.3 Å². The zero-order valence-corrected chi connectivity index (χ0v) is 15.7. The van der Waals surface area contributed by atoms with Crippen molar-refractivity contribution >= 4 is 11.6 Å². The summed E-state index contributed by atoms with van der Waals surface area (Å²) in [5, 5.41) is 16.8. The smallest absolute Gasteiger partial charge is 0.160 e. The van der Waals surface area contributed by atoms with Crippen molar-refractivity contribution in [3.05, 3.63) is 58.9 Å². The van der Waals surface area contributed by atoms with Crippen LogP contribution in [0, 0.1) is 23.0 Å². The minimum absolute atomic E-state index is 0.00724. The summed E-state index contributed by atoms with van der Waals surface area (Å²) < 4.78 is 39.7. The van der Waals surface area contributed by atoms with Crippen molar-refractivity contribution in [2.45, 2.75) is 6.42 Å². The highest BCUT2D eigenvalue weighted by molar-refractivity contribution is 6.32. The first kappa shape index (κ1) is 19.5. The Morgan fingerprint density at radius 3 is 2.11 bits per heavy atom. The molecule has 0 aliphatic heterocycles. The normalized spacial score (nSPS) is 10.4. The number of rotatable bonds is 5. The third-order valence-corrected chi connectivity index (χ3v) is 4.37. The third-order valence-electron chi connectivity index (χ3n) is 4.10. The first-order valence-electron chi connectivity index (χ1n) is 8.10. The van der Waals surface area contributed by atoms with Gasteiger partial charge in [0.15, 0.2) is 5.15 Å². The fourth-order valence-corrected chi connectivity index (χ4v) is 3.10. The molecule has 0 saturated carbocycles. The number of methoxy groups -OCH3 is 2. The third kappa shape index (κ3) is 3.59. The molecule has 0 amide bonds. The number of nitriles is 1. The van der Waals surface area contributed by atoms with Gasteiger partial charge in [0.1, 0.15) is 23.1 Å². The van der Waals surface area contributed by atoms with E-state index in [0.717, 1.165) is 12.1 Å². The summed E-state index contributed by atoms with van der Waals surface area (Å²) in [4.78, 5) is 0. The van der Waals surface area contributed by atoms with Crippen molar-refractivity contribution in [1.29, 1.82) is 5.26 Å². The Morgan fingerprint density at radius 1 is 0.964 bits per heavy atom. The van der Waals surface area contributed by atoms with Crippen LogP contribution in [0.5, 0.6) is 11.5 Å². The van der Waals surface area contributed by atoms with Crippen LogP contribution in [0.15, 0.2) is 36.4 Å². The molecule has 0 aliphatic carbocycles. The van der Waals surface area contributed by atoms with Crippen molar-refractivity contribution in [1.82, 2.24) is 10.2 Å². The molecule has 5 nitrogen and oxygen atoms in total. The van der Waals surface area contributed by atoms with E-state index in [1.54, 1.807) is 18.2 Å². The molecule has 28 heavy (non-hydrogen) atoms. The standard InChI is InChI=1S/C20H14ClF2N3O2/c1-27-12-8-11(9-13(10-12)28-2)17-16(6-7-24)25-26-20(21)19(17)18-14(22)4-3-5-15(18)23/h3-5,8-10H,6H2,1-2H3. The van der Waals surface area contributed by atoms with Crippen LogP contribution in [-0.4, -0.2) is 24.4 Å². The SMILES string of the molecule is COc1cc(OC)cc(-c2c(CC#N)nnc(Cl)c2-c2c(F)cccc2F)c1. The van der Waals surface area contributed by atoms with Crippen LogP contribution in [0.2, 0.25) is 5.15 Å². The molecule has 0 fully saturated rings. The van der Waals surface area contributed by atoms with Gasteiger partial charge in [-0.15, -0.1) is 5.10 Å². The molecule has 0 radical (unpaired) electrons. The lowest BCUT2D eigenvalue weighted by Gasteiger charge is -2.16. The molecule has 8 heteroatoms. The van der Waals surface area contributed by atoms with Crippen LogP contribution in [0.4, 0.5) is 8.78 Å². The molecule has 3 rings (SSSR count). The molecule has 142 valence electrons. The van der Waals surface area contributed by atoms with Crippen molar-refractivity contribution in [2.75, 3.05) is 14.2 Å². The van der Waals surface area contributed by atoms with Crippen LogP contribution >= 0.6 is 11.6 Å². The van der Waals surface area contributed by atoms with Gasteiger partial charge in [0, 0.05) is 17.2 Å². The van der Waals surface area contributed by atoms with Crippen LogP contribution < -0.4 is 9.47 Å². The predicted molar refractivity (Wildman–Crippen MR) is 100 cm³/mol. The first-order chi connectivity index (χ1) is 13.5. The number of hydrogen-bond acceptors (Lipinski definition) is 5. The predicted octanol–water partition coefficient (Wildman–Crippen LogP) is 4.83. The molecule has 1 heterocycles. The molecule has 3 aromatic rings. The molecule has 0 unspecified atom stereocenters. The Balaban J connectivity index is 2.43. The number of halogens is 3. The highest BCUT2D eigenvalue weighted by Gasteiger charge is 2.24. The highest BCUT2D eigenvalue weighted by Crippen LogP contribution is 2.42. The second-order valence-corrected chi connectivity index (χ2v) is 6.08. The van der Waals surface area contributed by atoms with E-state index >= 15 is 0 Å². The van der Waals surface area contributed by atoms with Crippen LogP contribution in [0.3, 0.4) is 0 Å². The fourth-order valence-electron chi connectivity index (χ4n) is 2.88. The summed E-state index contributed by atoms with van der Waals surface area (Å²) in [6, 6.07) is 10.4. The van der Waals surface area contributed by atoms with Gasteiger partial charge in [-0.25, -0.2) is 8.78 Å². The van der Waals surface area contributed by atoms with Gasteiger partial charge in [0.05, 0.1) is 38.0 Å². The van der Waals surface area contributed by atoms with Gasteiger partial charge in [-0.3, -0.25) is 0 Å². The van der Waals surface area contributed by atoms with E-state index < -0.39 is 11.6 Å². The van der Waals surface area contributed by atoms with Gasteiger partial charge < -0.3 is 9.47 Å². The van der Waals surface area contributed by atoms with Gasteiger partial charge in [-0.1, -0.05) is 17.7 Å². The Hall–Kier alpha value is -3.24. The minimum atomic E-state index is -0.811. The summed E-state index contributed by atoms with van der Waals surface area (Å²) in [6.45, 7) is 0. The number of hydrogen-bond donors (Lipinski definition) is 0. The van der Waals surface area contributed by atoms with E-state index in [1.165, 1.54) is 20.3 Å². The average molecular weight is 402 g/mol. The molecule has 2 aromatic carbocycles. The lowest BCUT2D eigenvalue weighted by molar-refractivity contribution is 0.394. The molecule has 0 atom stereocenters. The van der Waals surface area contributed by atoms with Gasteiger partial charge >= 0.3 is 0 Å². The molecule has 0 aliphatic rings. The summed E-state index contributed by atoms with van der Waals surface area (Å²) in [7, 11) is 2.95. The second kappa shape index (κ2) is 8.19. The molecule has 1 aromatic heterocycles. The average Bonchev–Trinajstić information content (AvgIpc) is 2.69. The van der Waals surface area contributed by atoms with Gasteiger partial charge in [0.2, 0.25) is 0 Å². The Bertz CT molecular complexity index is 1040. The fraction of sp³-hybridized carbons (Fsp3) is 0.150. The van der Waals surface area contributed by atoms with E-state index in [4.69, 9.17) is 21.1 Å². The van der Waals surface area contributed by atoms with E-state index in [9.17, 15) is 14.0 Å². The number of benzene rings is 2.